The van der Waals surface area contributed by atoms with E-state index in [4.69, 9.17) is 14.2 Å². The van der Waals surface area contributed by atoms with Gasteiger partial charge in [-0.15, -0.1) is 0 Å². The van der Waals surface area contributed by atoms with Crippen molar-refractivity contribution in [2.24, 2.45) is 0 Å². The quantitative estimate of drug-likeness (QED) is 0.811. The van der Waals surface area contributed by atoms with E-state index in [9.17, 15) is 4.79 Å². The van der Waals surface area contributed by atoms with Crippen molar-refractivity contribution in [3.05, 3.63) is 29.8 Å². The summed E-state index contributed by atoms with van der Waals surface area (Å²) >= 11 is 0. The van der Waals surface area contributed by atoms with Gasteiger partial charge in [-0.1, -0.05) is 12.1 Å². The molecule has 1 fully saturated rings. The normalized spacial score (nSPS) is 20.8. The molecule has 0 spiro atoms. The molecular weight excluding hydrogens is 270 g/mol. The molecule has 21 heavy (non-hydrogen) atoms. The SMILES string of the molecule is COC(=O)C(C)(NCC1CCCO1)c1ccc(OC)cc1. The van der Waals surface area contributed by atoms with Crippen LogP contribution >= 0.6 is 0 Å². The summed E-state index contributed by atoms with van der Waals surface area (Å²) in [5.74, 6) is 0.441. The maximum atomic E-state index is 12.2. The molecule has 5 heteroatoms. The van der Waals surface area contributed by atoms with Gasteiger partial charge in [0.2, 0.25) is 0 Å². The van der Waals surface area contributed by atoms with Crippen molar-refractivity contribution >= 4 is 5.97 Å². The average molecular weight is 293 g/mol. The van der Waals surface area contributed by atoms with Crippen molar-refractivity contribution in [1.29, 1.82) is 0 Å². The average Bonchev–Trinajstić information content (AvgIpc) is 3.05. The van der Waals surface area contributed by atoms with Gasteiger partial charge in [0, 0.05) is 13.2 Å². The minimum atomic E-state index is -0.896. The largest absolute Gasteiger partial charge is 0.497 e. The molecule has 0 radical (unpaired) electrons. The predicted octanol–water partition coefficient (Wildman–Crippen LogP) is 1.85. The first kappa shape index (κ1) is 15.8. The fourth-order valence-corrected chi connectivity index (χ4v) is 2.54. The number of rotatable bonds is 6. The van der Waals surface area contributed by atoms with E-state index in [-0.39, 0.29) is 12.1 Å². The third-order valence-electron chi connectivity index (χ3n) is 3.97. The van der Waals surface area contributed by atoms with Crippen LogP contribution in [0.25, 0.3) is 0 Å². The summed E-state index contributed by atoms with van der Waals surface area (Å²) < 4.78 is 15.7. The molecule has 1 N–H and O–H groups in total. The molecule has 1 aliphatic rings. The zero-order valence-corrected chi connectivity index (χ0v) is 12.8. The molecule has 0 aromatic heterocycles. The van der Waals surface area contributed by atoms with Crippen LogP contribution in [0.15, 0.2) is 24.3 Å². The highest BCUT2D eigenvalue weighted by molar-refractivity contribution is 5.82. The van der Waals surface area contributed by atoms with Crippen molar-refractivity contribution in [1.82, 2.24) is 5.32 Å². The van der Waals surface area contributed by atoms with Gasteiger partial charge in [0.05, 0.1) is 20.3 Å². The second-order valence-electron chi connectivity index (χ2n) is 5.36. The first-order chi connectivity index (χ1) is 10.1. The Morgan fingerprint density at radius 1 is 1.38 bits per heavy atom. The minimum absolute atomic E-state index is 0.159. The number of esters is 1. The molecule has 0 saturated carbocycles. The Hall–Kier alpha value is -1.59. The maximum absolute atomic E-state index is 12.2. The van der Waals surface area contributed by atoms with Crippen molar-refractivity contribution in [2.75, 3.05) is 27.4 Å². The van der Waals surface area contributed by atoms with Crippen molar-refractivity contribution in [3.8, 4) is 5.75 Å². The van der Waals surface area contributed by atoms with Crippen LogP contribution in [0, 0.1) is 0 Å². The number of hydrogen-bond acceptors (Lipinski definition) is 5. The lowest BCUT2D eigenvalue weighted by atomic mass is 9.91. The van der Waals surface area contributed by atoms with Crippen LogP contribution in [0.1, 0.15) is 25.3 Å². The first-order valence-corrected chi connectivity index (χ1v) is 7.19. The lowest BCUT2D eigenvalue weighted by Gasteiger charge is -2.30. The van der Waals surface area contributed by atoms with E-state index in [1.54, 1.807) is 7.11 Å². The molecule has 2 unspecified atom stereocenters. The van der Waals surface area contributed by atoms with Gasteiger partial charge in [-0.3, -0.25) is 5.32 Å². The first-order valence-electron chi connectivity index (χ1n) is 7.19. The van der Waals surface area contributed by atoms with Gasteiger partial charge < -0.3 is 14.2 Å². The number of benzene rings is 1. The summed E-state index contributed by atoms with van der Waals surface area (Å²) in [6.07, 6.45) is 2.25. The molecule has 5 nitrogen and oxygen atoms in total. The van der Waals surface area contributed by atoms with E-state index in [1.165, 1.54) is 7.11 Å². The highest BCUT2D eigenvalue weighted by atomic mass is 16.5. The Bertz CT molecular complexity index is 468. The molecule has 1 aromatic carbocycles. The number of methoxy groups -OCH3 is 2. The zero-order valence-electron chi connectivity index (χ0n) is 12.8. The fourth-order valence-electron chi connectivity index (χ4n) is 2.54. The number of carbonyl (C=O) groups excluding carboxylic acids is 1. The third-order valence-corrected chi connectivity index (χ3v) is 3.97. The van der Waals surface area contributed by atoms with Gasteiger partial charge in [0.1, 0.15) is 11.3 Å². The lowest BCUT2D eigenvalue weighted by molar-refractivity contribution is -0.148. The van der Waals surface area contributed by atoms with Gasteiger partial charge in [-0.25, -0.2) is 4.79 Å². The molecule has 0 bridgehead atoms. The smallest absolute Gasteiger partial charge is 0.330 e. The molecule has 1 aliphatic heterocycles. The summed E-state index contributed by atoms with van der Waals surface area (Å²) in [7, 11) is 3.02. The number of hydrogen-bond donors (Lipinski definition) is 1. The zero-order chi connectivity index (χ0) is 15.3. The number of carbonyl (C=O) groups is 1. The summed E-state index contributed by atoms with van der Waals surface area (Å²) in [5, 5.41) is 3.30. The summed E-state index contributed by atoms with van der Waals surface area (Å²) in [5.41, 5.74) is -0.0550. The van der Waals surface area contributed by atoms with E-state index in [0.717, 1.165) is 30.8 Å². The van der Waals surface area contributed by atoms with Crippen LogP contribution < -0.4 is 10.1 Å². The molecule has 1 saturated heterocycles. The molecule has 1 aromatic rings. The molecule has 1 heterocycles. The van der Waals surface area contributed by atoms with Crippen molar-refractivity contribution in [2.45, 2.75) is 31.4 Å². The van der Waals surface area contributed by atoms with E-state index in [1.807, 2.05) is 31.2 Å². The summed E-state index contributed by atoms with van der Waals surface area (Å²) in [6, 6.07) is 7.42. The van der Waals surface area contributed by atoms with Crippen LogP contribution in [0.3, 0.4) is 0 Å². The van der Waals surface area contributed by atoms with Gasteiger partial charge in [0.15, 0.2) is 0 Å². The second-order valence-corrected chi connectivity index (χ2v) is 5.36. The summed E-state index contributed by atoms with van der Waals surface area (Å²) in [4.78, 5) is 12.2. The Morgan fingerprint density at radius 3 is 2.62 bits per heavy atom. The standard InChI is InChI=1S/C16H23NO4/c1-16(15(18)20-3,17-11-14-5-4-10-21-14)12-6-8-13(19-2)9-7-12/h6-9,14,17H,4-5,10-11H2,1-3H3. The van der Waals surface area contributed by atoms with Crippen LogP contribution in [-0.2, 0) is 19.8 Å². The van der Waals surface area contributed by atoms with E-state index in [2.05, 4.69) is 5.32 Å². The van der Waals surface area contributed by atoms with E-state index >= 15 is 0 Å². The molecule has 0 aliphatic carbocycles. The Balaban J connectivity index is 2.16. The molecular formula is C16H23NO4. The topological polar surface area (TPSA) is 56.8 Å². The third kappa shape index (κ3) is 3.54. The Labute approximate surface area is 125 Å². The minimum Gasteiger partial charge on any atom is -0.497 e. The number of ether oxygens (including phenoxy) is 3. The second kappa shape index (κ2) is 6.91. The summed E-state index contributed by atoms with van der Waals surface area (Å²) in [6.45, 7) is 3.25. The van der Waals surface area contributed by atoms with Crippen molar-refractivity contribution < 1.29 is 19.0 Å². The lowest BCUT2D eigenvalue weighted by Crippen LogP contribution is -2.49. The molecule has 2 atom stereocenters. The number of nitrogens with one attached hydrogen (secondary N) is 1. The van der Waals surface area contributed by atoms with Crippen LogP contribution in [0.4, 0.5) is 0 Å². The highest BCUT2D eigenvalue weighted by Gasteiger charge is 2.37. The predicted molar refractivity (Wildman–Crippen MR) is 79.3 cm³/mol. The van der Waals surface area contributed by atoms with Crippen molar-refractivity contribution in [3.63, 3.8) is 0 Å². The molecule has 116 valence electrons. The molecule has 0 amide bonds. The molecule has 2 rings (SSSR count). The van der Waals surface area contributed by atoms with E-state index < -0.39 is 5.54 Å². The van der Waals surface area contributed by atoms with E-state index in [0.29, 0.717) is 6.54 Å². The van der Waals surface area contributed by atoms with Crippen LogP contribution in [-0.4, -0.2) is 39.4 Å². The fraction of sp³-hybridized carbons (Fsp3) is 0.562. The van der Waals surface area contributed by atoms with Gasteiger partial charge in [-0.05, 0) is 37.5 Å². The Kier molecular flexibility index (Phi) is 5.20. The van der Waals surface area contributed by atoms with Gasteiger partial charge in [-0.2, -0.15) is 0 Å². The van der Waals surface area contributed by atoms with Crippen LogP contribution in [0.5, 0.6) is 5.75 Å². The van der Waals surface area contributed by atoms with Crippen LogP contribution in [0.2, 0.25) is 0 Å². The Morgan fingerprint density at radius 2 is 2.10 bits per heavy atom. The highest BCUT2D eigenvalue weighted by Crippen LogP contribution is 2.25. The maximum Gasteiger partial charge on any atom is 0.330 e. The van der Waals surface area contributed by atoms with Gasteiger partial charge in [0.25, 0.3) is 0 Å². The van der Waals surface area contributed by atoms with Gasteiger partial charge >= 0.3 is 5.97 Å². The monoisotopic (exact) mass is 293 g/mol.